The number of pyridine rings is 3. The average molecular weight is 956 g/mol. The van der Waals surface area contributed by atoms with Crippen LogP contribution in [-0.4, -0.2) is 28.2 Å². The van der Waals surface area contributed by atoms with Crippen molar-refractivity contribution in [1.29, 1.82) is 5.26 Å². The predicted octanol–water partition coefficient (Wildman–Crippen LogP) is 11.8. The molecular weight excluding hydrogens is 901 g/mol. The Balaban J connectivity index is 0.000000317. The van der Waals surface area contributed by atoms with Gasteiger partial charge in [0.15, 0.2) is 0 Å². The Hall–Kier alpha value is -4.41. The Morgan fingerprint density at radius 2 is 1.69 bits per heavy atom. The Morgan fingerprint density at radius 1 is 0.889 bits per heavy atom. The van der Waals surface area contributed by atoms with Gasteiger partial charge in [-0.25, -0.2) is 4.98 Å². The molecule has 4 heterocycles. The minimum absolute atomic E-state index is 0. The summed E-state index contributed by atoms with van der Waals surface area (Å²) in [5.74, 6) is 6.09. The van der Waals surface area contributed by atoms with Gasteiger partial charge in [-0.15, -0.1) is 18.2 Å². The van der Waals surface area contributed by atoms with Crippen molar-refractivity contribution in [2.75, 3.05) is 0 Å². The van der Waals surface area contributed by atoms with Crippen molar-refractivity contribution in [3.05, 3.63) is 132 Å². The van der Waals surface area contributed by atoms with Gasteiger partial charge in [0.1, 0.15) is 11.8 Å². The standard InChI is InChI=1S/C33H30N3O.C14H16GeN.Ir/c1-20-16-23(22-12-14-33(3,4)15-13-22)8-10-25(20)29-17-30(35-19-21(29)2)28-7-5-6-26-27-11-9-24(18-34)36-32(27)37-31(26)28;1-15(2,3)13-9-10-14(16-11-13)12-7-5-4-6-8-12;/h5-6,8-11,16-17,19,22H,12-15H2,1-4H3;4-7,9-11H,1-3H3;/q2*-1;/i1D3,2D3,10D,22D;;. The summed E-state index contributed by atoms with van der Waals surface area (Å²) >= 11 is -1.72. The molecule has 5 nitrogen and oxygen atoms in total. The number of benzene rings is 3. The van der Waals surface area contributed by atoms with Crippen LogP contribution >= 0.6 is 0 Å². The zero-order valence-corrected chi connectivity index (χ0v) is 35.5. The molecule has 0 N–H and O–H groups in total. The summed E-state index contributed by atoms with van der Waals surface area (Å²) in [6.45, 7) is -1.06. The van der Waals surface area contributed by atoms with Gasteiger partial charge in [-0.1, -0.05) is 49.0 Å². The molecule has 0 amide bonds. The molecule has 0 spiro atoms. The summed E-state index contributed by atoms with van der Waals surface area (Å²) in [5, 5.41) is 10.6. The van der Waals surface area contributed by atoms with Crippen molar-refractivity contribution in [2.45, 2.75) is 76.4 Å². The van der Waals surface area contributed by atoms with Gasteiger partial charge in [-0.3, -0.25) is 0 Å². The number of fused-ring (bicyclic) bond motifs is 3. The van der Waals surface area contributed by atoms with Crippen molar-refractivity contribution in [2.24, 2.45) is 5.41 Å². The topological polar surface area (TPSA) is 75.6 Å². The molecule has 0 unspecified atom stereocenters. The minimum atomic E-state index is -2.70. The van der Waals surface area contributed by atoms with Gasteiger partial charge >= 0.3 is 99.8 Å². The number of hydrogen-bond acceptors (Lipinski definition) is 5. The van der Waals surface area contributed by atoms with E-state index in [1.807, 2.05) is 36.5 Å². The molecule has 0 atom stereocenters. The molecule has 1 saturated carbocycles. The first-order valence-corrected chi connectivity index (χ1v) is 25.2. The fraction of sp³-hybridized carbons (Fsp3) is 0.277. The molecular formula is C47H46GeIrN4O-2. The fourth-order valence-electron chi connectivity index (χ4n) is 6.66. The third-order valence-corrected chi connectivity index (χ3v) is 14.3. The van der Waals surface area contributed by atoms with E-state index in [0.717, 1.165) is 24.1 Å². The van der Waals surface area contributed by atoms with Gasteiger partial charge in [0.05, 0.1) is 6.95 Å². The van der Waals surface area contributed by atoms with Crippen LogP contribution in [0, 0.1) is 42.6 Å². The molecule has 1 radical (unpaired) electrons. The Bertz CT molecular complexity index is 2780. The second-order valence-electron chi connectivity index (χ2n) is 15.4. The van der Waals surface area contributed by atoms with Crippen LogP contribution in [0.15, 0.2) is 102 Å². The molecule has 0 saturated heterocycles. The summed E-state index contributed by atoms with van der Waals surface area (Å²) in [6, 6.07) is 31.6. The van der Waals surface area contributed by atoms with Gasteiger partial charge in [-0.2, -0.15) is 5.26 Å². The molecule has 7 aromatic rings. The fourth-order valence-corrected chi connectivity index (χ4v) is 8.84. The SMILES string of the molecule is [2H]c1cc(C2([2H])CCC(C)(C)CC2)cc(C([2H])([2H])[2H])c1-c1cc(-c2[c-]ccc3c2oc2nc(C#N)ccc23)ncc1C([2H])([2H])[2H].[CH3][Ge]([CH3])([CH3])[c]1ccc(-c2[c-]cccc2)nc1.[Ir]. The smallest absolute Gasteiger partial charge is 0 e. The molecule has 0 aliphatic heterocycles. The molecule has 1 aliphatic rings. The number of nitrogens with zero attached hydrogens (tertiary/aromatic N) is 4. The Morgan fingerprint density at radius 3 is 2.37 bits per heavy atom. The monoisotopic (exact) mass is 957 g/mol. The summed E-state index contributed by atoms with van der Waals surface area (Å²) < 4.78 is 75.8. The van der Waals surface area contributed by atoms with E-state index < -0.39 is 32.9 Å². The number of rotatable bonds is 5. The van der Waals surface area contributed by atoms with Crippen LogP contribution in [-0.2, 0) is 20.1 Å². The molecule has 275 valence electrons. The zero-order chi connectivity index (χ0) is 44.1. The van der Waals surface area contributed by atoms with Crippen LogP contribution in [0.2, 0.25) is 17.3 Å². The van der Waals surface area contributed by atoms with Crippen molar-refractivity contribution in [1.82, 2.24) is 15.0 Å². The largest absolute Gasteiger partial charge is 0 e. The second-order valence-corrected chi connectivity index (χ2v) is 26.0. The minimum Gasteiger partial charge on any atom is 0 e. The Kier molecular flexibility index (Phi) is 8.93. The van der Waals surface area contributed by atoms with Crippen LogP contribution < -0.4 is 4.40 Å². The Labute approximate surface area is 347 Å². The molecule has 3 aromatic carbocycles. The first-order valence-electron chi connectivity index (χ1n) is 21.8. The van der Waals surface area contributed by atoms with Crippen molar-refractivity contribution < 1.29 is 35.5 Å². The summed E-state index contributed by atoms with van der Waals surface area (Å²) in [6.07, 6.45) is 5.87. The molecule has 8 rings (SSSR count). The van der Waals surface area contributed by atoms with Gasteiger partial charge < -0.3 is 9.40 Å². The normalized spacial score (nSPS) is 17.4. The van der Waals surface area contributed by atoms with E-state index >= 15 is 0 Å². The van der Waals surface area contributed by atoms with E-state index in [1.165, 1.54) is 28.8 Å². The maximum Gasteiger partial charge on any atom is 0 e. The van der Waals surface area contributed by atoms with E-state index in [2.05, 4.69) is 70.3 Å². The predicted molar refractivity (Wildman–Crippen MR) is 220 cm³/mol. The second kappa shape index (κ2) is 16.1. The van der Waals surface area contributed by atoms with E-state index in [4.69, 9.17) is 14.0 Å². The average Bonchev–Trinajstić information content (AvgIpc) is 3.59. The van der Waals surface area contributed by atoms with Gasteiger partial charge in [0, 0.05) is 41.3 Å². The third kappa shape index (κ3) is 8.45. The van der Waals surface area contributed by atoms with Crippen molar-refractivity contribution >= 4 is 39.7 Å². The number of hydrogen-bond donors (Lipinski definition) is 0. The van der Waals surface area contributed by atoms with Crippen LogP contribution in [0.1, 0.15) is 78.8 Å². The summed E-state index contributed by atoms with van der Waals surface area (Å²) in [5.41, 5.74) is 3.67. The van der Waals surface area contributed by atoms with Crippen molar-refractivity contribution in [3.63, 3.8) is 0 Å². The van der Waals surface area contributed by atoms with E-state index in [1.54, 1.807) is 24.3 Å². The van der Waals surface area contributed by atoms with E-state index in [-0.39, 0.29) is 70.9 Å². The van der Waals surface area contributed by atoms with E-state index in [0.29, 0.717) is 40.3 Å². The van der Waals surface area contributed by atoms with Gasteiger partial charge in [-0.05, 0) is 96.3 Å². The van der Waals surface area contributed by atoms with E-state index in [9.17, 15) is 6.63 Å². The molecule has 7 heteroatoms. The van der Waals surface area contributed by atoms with Gasteiger partial charge in [0.25, 0.3) is 0 Å². The summed E-state index contributed by atoms with van der Waals surface area (Å²) in [4.78, 5) is 13.2. The van der Waals surface area contributed by atoms with Crippen LogP contribution in [0.4, 0.5) is 0 Å². The molecule has 4 aromatic heterocycles. The molecule has 54 heavy (non-hydrogen) atoms. The molecule has 0 bridgehead atoms. The number of nitriles is 1. The van der Waals surface area contributed by atoms with Crippen LogP contribution in [0.25, 0.3) is 55.7 Å². The quantitative estimate of drug-likeness (QED) is 0.127. The molecule has 1 aliphatic carbocycles. The number of aromatic nitrogens is 3. The first kappa shape index (κ1) is 29.9. The van der Waals surface area contributed by atoms with Crippen LogP contribution in [0.3, 0.4) is 0 Å². The first-order chi connectivity index (χ1) is 28.6. The third-order valence-electron chi connectivity index (χ3n) is 10.0. The molecule has 1 fully saturated rings. The number of furan rings is 1. The maximum atomic E-state index is 9.28. The summed E-state index contributed by atoms with van der Waals surface area (Å²) in [7, 11) is 0. The maximum absolute atomic E-state index is 9.28. The zero-order valence-electron chi connectivity index (χ0n) is 39.0. The van der Waals surface area contributed by atoms with Crippen LogP contribution in [0.5, 0.6) is 0 Å². The van der Waals surface area contributed by atoms with Crippen molar-refractivity contribution in [3.8, 4) is 39.7 Å². The van der Waals surface area contributed by atoms with Gasteiger partial charge in [0.2, 0.25) is 5.71 Å². The number of aryl methyl sites for hydroxylation is 2.